The molecule has 1 rings (SSSR count). The highest BCUT2D eigenvalue weighted by Crippen LogP contribution is 2.15. The van der Waals surface area contributed by atoms with Crippen molar-refractivity contribution in [3.8, 4) is 0 Å². The molecule has 1 fully saturated rings. The molecule has 0 aromatic heterocycles. The third kappa shape index (κ3) is 4.37. The zero-order chi connectivity index (χ0) is 12.0. The Labute approximate surface area is 97.2 Å². The van der Waals surface area contributed by atoms with Gasteiger partial charge in [-0.1, -0.05) is 0 Å². The summed E-state index contributed by atoms with van der Waals surface area (Å²) in [5.74, 6) is 0. The van der Waals surface area contributed by atoms with Gasteiger partial charge in [-0.3, -0.25) is 0 Å². The molecular weight excluding hydrogens is 230 g/mol. The van der Waals surface area contributed by atoms with Crippen LogP contribution < -0.4 is 4.72 Å². The Bertz CT molecular complexity index is 285. The van der Waals surface area contributed by atoms with Crippen LogP contribution >= 0.6 is 0 Å². The van der Waals surface area contributed by atoms with Crippen LogP contribution in [0.25, 0.3) is 0 Å². The molecule has 0 spiro atoms. The molecule has 5 nitrogen and oxygen atoms in total. The Morgan fingerprint density at radius 1 is 1.50 bits per heavy atom. The summed E-state index contributed by atoms with van der Waals surface area (Å²) < 4.78 is 31.0. The Hall–Kier alpha value is -0.170. The van der Waals surface area contributed by atoms with Gasteiger partial charge in [-0.25, -0.2) is 13.1 Å². The largest absolute Gasteiger partial charge is 0.395 e. The number of rotatable bonds is 6. The van der Waals surface area contributed by atoms with Gasteiger partial charge in [0, 0.05) is 13.2 Å². The lowest BCUT2D eigenvalue weighted by atomic mass is 10.1. The van der Waals surface area contributed by atoms with Crippen molar-refractivity contribution in [3.63, 3.8) is 0 Å². The molecule has 1 heterocycles. The third-order valence-corrected chi connectivity index (χ3v) is 4.65. The lowest BCUT2D eigenvalue weighted by Crippen LogP contribution is -2.36. The Morgan fingerprint density at radius 2 is 2.25 bits per heavy atom. The van der Waals surface area contributed by atoms with Gasteiger partial charge in [0.15, 0.2) is 0 Å². The minimum atomic E-state index is -3.37. The van der Waals surface area contributed by atoms with Gasteiger partial charge in [0.1, 0.15) is 0 Å². The standard InChI is InChI=1S/C10H21NO4S/c1-9(8-12)16(13,14)11-6-5-10-4-2-3-7-15-10/h9-12H,2-8H2,1H3. The highest BCUT2D eigenvalue weighted by Gasteiger charge is 2.20. The maximum Gasteiger partial charge on any atom is 0.216 e. The summed E-state index contributed by atoms with van der Waals surface area (Å²) in [5, 5.41) is 8.02. The summed E-state index contributed by atoms with van der Waals surface area (Å²) in [6.45, 7) is 2.30. The van der Waals surface area contributed by atoms with Crippen LogP contribution in [0.4, 0.5) is 0 Å². The summed E-state index contributed by atoms with van der Waals surface area (Å²) >= 11 is 0. The monoisotopic (exact) mass is 251 g/mol. The lowest BCUT2D eigenvalue weighted by molar-refractivity contribution is 0.0123. The molecule has 0 aromatic rings. The molecule has 0 saturated carbocycles. The van der Waals surface area contributed by atoms with E-state index < -0.39 is 15.3 Å². The number of hydrogen-bond acceptors (Lipinski definition) is 4. The van der Waals surface area contributed by atoms with Crippen molar-refractivity contribution < 1.29 is 18.3 Å². The SMILES string of the molecule is CC(CO)S(=O)(=O)NCCC1CCCCO1. The number of hydrogen-bond donors (Lipinski definition) is 2. The van der Waals surface area contributed by atoms with Gasteiger partial charge in [0.2, 0.25) is 10.0 Å². The first kappa shape index (κ1) is 13.9. The molecule has 0 amide bonds. The van der Waals surface area contributed by atoms with Crippen LogP contribution in [-0.2, 0) is 14.8 Å². The van der Waals surface area contributed by atoms with Crippen LogP contribution in [0.5, 0.6) is 0 Å². The highest BCUT2D eigenvalue weighted by atomic mass is 32.2. The number of aliphatic hydroxyl groups is 1. The molecule has 1 aliphatic heterocycles. The zero-order valence-electron chi connectivity index (χ0n) is 9.68. The van der Waals surface area contributed by atoms with Gasteiger partial charge in [0.25, 0.3) is 0 Å². The average molecular weight is 251 g/mol. The zero-order valence-corrected chi connectivity index (χ0v) is 10.5. The Balaban J connectivity index is 2.23. The van der Waals surface area contributed by atoms with Gasteiger partial charge >= 0.3 is 0 Å². The Morgan fingerprint density at radius 3 is 2.81 bits per heavy atom. The molecule has 0 aromatic carbocycles. The van der Waals surface area contributed by atoms with Crippen LogP contribution in [0.2, 0.25) is 0 Å². The van der Waals surface area contributed by atoms with E-state index in [1.165, 1.54) is 6.92 Å². The van der Waals surface area contributed by atoms with Crippen molar-refractivity contribution in [2.24, 2.45) is 0 Å². The molecule has 6 heteroatoms. The second-order valence-corrected chi connectivity index (χ2v) is 6.39. The summed E-state index contributed by atoms with van der Waals surface area (Å²) in [6.07, 6.45) is 4.16. The first-order valence-corrected chi connectivity index (χ1v) is 7.32. The molecule has 2 N–H and O–H groups in total. The fourth-order valence-electron chi connectivity index (χ4n) is 1.64. The predicted octanol–water partition coefficient (Wildman–Crippen LogP) is 0.246. The van der Waals surface area contributed by atoms with Crippen LogP contribution in [0, 0.1) is 0 Å². The fraction of sp³-hybridized carbons (Fsp3) is 1.00. The quantitative estimate of drug-likeness (QED) is 0.709. The van der Waals surface area contributed by atoms with Crippen LogP contribution in [0.15, 0.2) is 0 Å². The highest BCUT2D eigenvalue weighted by molar-refractivity contribution is 7.90. The topological polar surface area (TPSA) is 75.6 Å². The van der Waals surface area contributed by atoms with Gasteiger partial charge in [0.05, 0.1) is 18.0 Å². The van der Waals surface area contributed by atoms with Gasteiger partial charge in [-0.15, -0.1) is 0 Å². The lowest BCUT2D eigenvalue weighted by Gasteiger charge is -2.22. The van der Waals surface area contributed by atoms with Crippen LogP contribution in [0.3, 0.4) is 0 Å². The van der Waals surface area contributed by atoms with Gasteiger partial charge in [-0.2, -0.15) is 0 Å². The summed E-state index contributed by atoms with van der Waals surface area (Å²) in [6, 6.07) is 0. The van der Waals surface area contributed by atoms with E-state index in [9.17, 15) is 8.42 Å². The van der Waals surface area contributed by atoms with Crippen molar-refractivity contribution in [1.82, 2.24) is 4.72 Å². The average Bonchev–Trinajstić information content (AvgIpc) is 2.29. The molecule has 0 aliphatic carbocycles. The second kappa shape index (κ2) is 6.54. The van der Waals surface area contributed by atoms with E-state index in [0.29, 0.717) is 13.0 Å². The maximum atomic E-state index is 11.5. The first-order chi connectivity index (χ1) is 7.56. The molecule has 96 valence electrons. The van der Waals surface area contributed by atoms with Crippen molar-refractivity contribution in [3.05, 3.63) is 0 Å². The van der Waals surface area contributed by atoms with E-state index in [0.717, 1.165) is 25.9 Å². The van der Waals surface area contributed by atoms with E-state index >= 15 is 0 Å². The second-order valence-electron chi connectivity index (χ2n) is 4.21. The summed E-state index contributed by atoms with van der Waals surface area (Å²) in [7, 11) is -3.37. The molecule has 2 atom stereocenters. The fourth-order valence-corrected chi connectivity index (χ4v) is 2.52. The normalized spacial score (nSPS) is 24.2. The predicted molar refractivity (Wildman–Crippen MR) is 61.7 cm³/mol. The van der Waals surface area contributed by atoms with E-state index in [4.69, 9.17) is 9.84 Å². The van der Waals surface area contributed by atoms with E-state index in [2.05, 4.69) is 4.72 Å². The van der Waals surface area contributed by atoms with Crippen molar-refractivity contribution in [2.75, 3.05) is 19.8 Å². The number of ether oxygens (including phenoxy) is 1. The van der Waals surface area contributed by atoms with E-state index in [-0.39, 0.29) is 12.7 Å². The molecule has 1 aliphatic rings. The minimum Gasteiger partial charge on any atom is -0.395 e. The van der Waals surface area contributed by atoms with Crippen molar-refractivity contribution >= 4 is 10.0 Å². The maximum absolute atomic E-state index is 11.5. The molecular formula is C10H21NO4S. The summed E-state index contributed by atoms with van der Waals surface area (Å²) in [5.41, 5.74) is 0. The first-order valence-electron chi connectivity index (χ1n) is 5.77. The number of sulfonamides is 1. The van der Waals surface area contributed by atoms with Crippen molar-refractivity contribution in [1.29, 1.82) is 0 Å². The minimum absolute atomic E-state index is 0.181. The number of aliphatic hydroxyl groups excluding tert-OH is 1. The smallest absolute Gasteiger partial charge is 0.216 e. The Kier molecular flexibility index (Phi) is 5.68. The van der Waals surface area contributed by atoms with Crippen LogP contribution in [-0.4, -0.2) is 44.6 Å². The van der Waals surface area contributed by atoms with Crippen LogP contribution in [0.1, 0.15) is 32.6 Å². The number of nitrogens with one attached hydrogen (secondary N) is 1. The molecule has 16 heavy (non-hydrogen) atoms. The van der Waals surface area contributed by atoms with E-state index in [1.54, 1.807) is 0 Å². The van der Waals surface area contributed by atoms with Gasteiger partial charge < -0.3 is 9.84 Å². The summed E-state index contributed by atoms with van der Waals surface area (Å²) in [4.78, 5) is 0. The molecule has 2 unspecified atom stereocenters. The van der Waals surface area contributed by atoms with Crippen molar-refractivity contribution in [2.45, 2.75) is 44.0 Å². The van der Waals surface area contributed by atoms with E-state index in [1.807, 2.05) is 0 Å². The van der Waals surface area contributed by atoms with Gasteiger partial charge in [-0.05, 0) is 32.6 Å². The third-order valence-electron chi connectivity index (χ3n) is 2.83. The molecule has 0 bridgehead atoms. The molecule has 1 saturated heterocycles. The molecule has 0 radical (unpaired) electrons.